The normalized spacial score (nSPS) is 14.0. The molecule has 0 heteroatoms. The van der Waals surface area contributed by atoms with Crippen LogP contribution in [0.25, 0.3) is 0 Å². The van der Waals surface area contributed by atoms with E-state index >= 15 is 0 Å². The molecule has 0 saturated carbocycles. The third-order valence-corrected chi connectivity index (χ3v) is 5.16. The summed E-state index contributed by atoms with van der Waals surface area (Å²) in [6, 6.07) is 9.54. The van der Waals surface area contributed by atoms with Gasteiger partial charge in [-0.15, -0.1) is 0 Å². The number of unbranched alkanes of at least 4 members (excludes halogenated alkanes) is 2. The molecule has 0 bridgehead atoms. The van der Waals surface area contributed by atoms with Crippen LogP contribution in [0.3, 0.4) is 0 Å². The second kappa shape index (κ2) is 11.7. The summed E-state index contributed by atoms with van der Waals surface area (Å²) in [5.74, 6) is 1.75. The minimum atomic E-state index is 0.874. The number of rotatable bonds is 12. The molecule has 0 heterocycles. The molecule has 0 aliphatic rings. The van der Waals surface area contributed by atoms with Crippen LogP contribution in [0.2, 0.25) is 0 Å². The summed E-state index contributed by atoms with van der Waals surface area (Å²) in [6.07, 6.45) is 13.4. The van der Waals surface area contributed by atoms with Crippen molar-refractivity contribution in [2.75, 3.05) is 0 Å². The maximum absolute atomic E-state index is 2.39. The molecule has 1 aromatic rings. The maximum Gasteiger partial charge on any atom is -0.0250 e. The average Bonchev–Trinajstić information content (AvgIpc) is 2.56. The van der Waals surface area contributed by atoms with Gasteiger partial charge in [0.25, 0.3) is 0 Å². The van der Waals surface area contributed by atoms with Crippen molar-refractivity contribution in [2.24, 2.45) is 11.8 Å². The van der Waals surface area contributed by atoms with Crippen molar-refractivity contribution in [2.45, 2.75) is 91.9 Å². The monoisotopic (exact) mass is 302 g/mol. The molecule has 0 aliphatic heterocycles. The van der Waals surface area contributed by atoms with E-state index in [1.807, 2.05) is 0 Å². The molecule has 1 aromatic carbocycles. The third kappa shape index (κ3) is 7.47. The fraction of sp³-hybridized carbons (Fsp3) is 0.727. The van der Waals surface area contributed by atoms with Gasteiger partial charge in [0, 0.05) is 0 Å². The highest BCUT2D eigenvalue weighted by molar-refractivity contribution is 5.23. The van der Waals surface area contributed by atoms with E-state index in [2.05, 4.69) is 52.0 Å². The molecule has 2 atom stereocenters. The van der Waals surface area contributed by atoms with Gasteiger partial charge in [0.15, 0.2) is 0 Å². The topological polar surface area (TPSA) is 0 Å². The van der Waals surface area contributed by atoms with E-state index in [1.165, 1.54) is 75.3 Å². The predicted molar refractivity (Wildman–Crippen MR) is 100 cm³/mol. The summed E-state index contributed by atoms with van der Waals surface area (Å²) in [5, 5.41) is 0. The molecular formula is C22H38. The fourth-order valence-electron chi connectivity index (χ4n) is 3.36. The van der Waals surface area contributed by atoms with Crippen molar-refractivity contribution in [1.29, 1.82) is 0 Å². The first kappa shape index (κ1) is 19.3. The molecule has 0 nitrogen and oxygen atoms in total. The standard InChI is InChI=1S/C22H38/c1-5-9-11-19(7-3)17-21-13-15-22(16-14-21)18-20(8-4)12-10-6-2/h13-16,19-20H,5-12,17-18H2,1-4H3/t19-,20+. The molecule has 0 saturated heterocycles. The molecule has 0 N–H and O–H groups in total. The van der Waals surface area contributed by atoms with Gasteiger partial charge < -0.3 is 0 Å². The highest BCUT2D eigenvalue weighted by atomic mass is 14.1. The van der Waals surface area contributed by atoms with E-state index in [0.717, 1.165) is 11.8 Å². The van der Waals surface area contributed by atoms with Crippen molar-refractivity contribution in [3.8, 4) is 0 Å². The molecule has 0 spiro atoms. The fourth-order valence-corrected chi connectivity index (χ4v) is 3.36. The van der Waals surface area contributed by atoms with E-state index < -0.39 is 0 Å². The number of hydrogen-bond donors (Lipinski definition) is 0. The summed E-state index contributed by atoms with van der Waals surface area (Å²) >= 11 is 0. The van der Waals surface area contributed by atoms with Gasteiger partial charge in [-0.1, -0.05) is 103 Å². The molecule has 1 rings (SSSR count). The van der Waals surface area contributed by atoms with Gasteiger partial charge in [0.05, 0.1) is 0 Å². The Morgan fingerprint density at radius 3 is 1.27 bits per heavy atom. The summed E-state index contributed by atoms with van der Waals surface area (Å²) < 4.78 is 0. The Labute approximate surface area is 139 Å². The van der Waals surface area contributed by atoms with Crippen molar-refractivity contribution in [3.05, 3.63) is 35.4 Å². The summed E-state index contributed by atoms with van der Waals surface area (Å²) in [6.45, 7) is 9.27. The second-order valence-electron chi connectivity index (χ2n) is 7.06. The van der Waals surface area contributed by atoms with Gasteiger partial charge in [0.1, 0.15) is 0 Å². The second-order valence-corrected chi connectivity index (χ2v) is 7.06. The van der Waals surface area contributed by atoms with Crippen LogP contribution in [0.4, 0.5) is 0 Å². The van der Waals surface area contributed by atoms with E-state index in [-0.39, 0.29) is 0 Å². The van der Waals surface area contributed by atoms with Gasteiger partial charge in [-0.3, -0.25) is 0 Å². The maximum atomic E-state index is 2.39. The van der Waals surface area contributed by atoms with Crippen LogP contribution < -0.4 is 0 Å². The molecule has 0 fully saturated rings. The van der Waals surface area contributed by atoms with Crippen LogP contribution in [0, 0.1) is 11.8 Å². The lowest BCUT2D eigenvalue weighted by Crippen LogP contribution is -2.05. The minimum Gasteiger partial charge on any atom is -0.0654 e. The van der Waals surface area contributed by atoms with Crippen molar-refractivity contribution in [1.82, 2.24) is 0 Å². The van der Waals surface area contributed by atoms with E-state index in [4.69, 9.17) is 0 Å². The predicted octanol–water partition coefficient (Wildman–Crippen LogP) is 7.20. The molecule has 22 heavy (non-hydrogen) atoms. The lowest BCUT2D eigenvalue weighted by molar-refractivity contribution is 0.446. The SMILES string of the molecule is CCCC[C@@H](CC)Cc1ccc(C[C@@H](CC)CCCC)cc1. The largest absolute Gasteiger partial charge is 0.0654 e. The first-order chi connectivity index (χ1) is 10.7. The average molecular weight is 303 g/mol. The molecule has 0 radical (unpaired) electrons. The first-order valence-electron chi connectivity index (χ1n) is 9.81. The minimum absolute atomic E-state index is 0.874. The van der Waals surface area contributed by atoms with Gasteiger partial charge in [-0.05, 0) is 35.8 Å². The van der Waals surface area contributed by atoms with Crippen LogP contribution in [0.1, 0.15) is 90.2 Å². The number of benzene rings is 1. The molecular weight excluding hydrogens is 264 g/mol. The Balaban J connectivity index is 2.50. The molecule has 0 aromatic heterocycles. The van der Waals surface area contributed by atoms with E-state index in [0.29, 0.717) is 0 Å². The van der Waals surface area contributed by atoms with Crippen LogP contribution in [-0.2, 0) is 12.8 Å². The van der Waals surface area contributed by atoms with E-state index in [9.17, 15) is 0 Å². The molecule has 0 unspecified atom stereocenters. The smallest absolute Gasteiger partial charge is 0.0250 e. The Morgan fingerprint density at radius 2 is 1.00 bits per heavy atom. The molecule has 0 aliphatic carbocycles. The first-order valence-corrected chi connectivity index (χ1v) is 9.81. The third-order valence-electron chi connectivity index (χ3n) is 5.16. The van der Waals surface area contributed by atoms with Crippen molar-refractivity contribution >= 4 is 0 Å². The van der Waals surface area contributed by atoms with Crippen LogP contribution in [0.15, 0.2) is 24.3 Å². The Morgan fingerprint density at radius 1 is 0.636 bits per heavy atom. The van der Waals surface area contributed by atoms with Crippen molar-refractivity contribution in [3.63, 3.8) is 0 Å². The van der Waals surface area contributed by atoms with Crippen LogP contribution >= 0.6 is 0 Å². The lowest BCUT2D eigenvalue weighted by atomic mass is 9.89. The Hall–Kier alpha value is -0.780. The van der Waals surface area contributed by atoms with E-state index in [1.54, 1.807) is 0 Å². The highest BCUT2D eigenvalue weighted by Crippen LogP contribution is 2.21. The summed E-state index contributed by atoms with van der Waals surface area (Å²) in [7, 11) is 0. The zero-order valence-corrected chi connectivity index (χ0v) is 15.5. The Kier molecular flexibility index (Phi) is 10.3. The Bertz CT molecular complexity index is 325. The number of hydrogen-bond acceptors (Lipinski definition) is 0. The zero-order valence-electron chi connectivity index (χ0n) is 15.5. The summed E-state index contributed by atoms with van der Waals surface area (Å²) in [4.78, 5) is 0. The van der Waals surface area contributed by atoms with Gasteiger partial charge in [-0.25, -0.2) is 0 Å². The highest BCUT2D eigenvalue weighted by Gasteiger charge is 2.09. The quantitative estimate of drug-likeness (QED) is 0.383. The van der Waals surface area contributed by atoms with Gasteiger partial charge in [0.2, 0.25) is 0 Å². The van der Waals surface area contributed by atoms with Gasteiger partial charge in [-0.2, -0.15) is 0 Å². The van der Waals surface area contributed by atoms with Crippen LogP contribution in [-0.4, -0.2) is 0 Å². The lowest BCUT2D eigenvalue weighted by Gasteiger charge is -2.16. The molecule has 0 amide bonds. The van der Waals surface area contributed by atoms with Crippen molar-refractivity contribution < 1.29 is 0 Å². The van der Waals surface area contributed by atoms with Crippen LogP contribution in [0.5, 0.6) is 0 Å². The zero-order chi connectivity index (χ0) is 16.2. The van der Waals surface area contributed by atoms with Gasteiger partial charge >= 0.3 is 0 Å². The summed E-state index contributed by atoms with van der Waals surface area (Å²) in [5.41, 5.74) is 3.07. The molecule has 126 valence electrons.